The van der Waals surface area contributed by atoms with Crippen molar-refractivity contribution in [2.45, 2.75) is 13.3 Å². The lowest BCUT2D eigenvalue weighted by atomic mass is 10.1. The number of benzene rings is 2. The van der Waals surface area contributed by atoms with Crippen LogP contribution in [0.2, 0.25) is 0 Å². The molecular weight excluding hydrogens is 442 g/mol. The van der Waals surface area contributed by atoms with Gasteiger partial charge in [-0.15, -0.1) is 11.3 Å². The highest BCUT2D eigenvalue weighted by Gasteiger charge is 2.15. The predicted molar refractivity (Wildman–Crippen MR) is 125 cm³/mol. The van der Waals surface area contributed by atoms with Gasteiger partial charge in [0.2, 0.25) is 0 Å². The maximum absolute atomic E-state index is 12.3. The van der Waals surface area contributed by atoms with E-state index in [0.717, 1.165) is 22.3 Å². The van der Waals surface area contributed by atoms with Crippen LogP contribution in [-0.4, -0.2) is 46.1 Å². The molecule has 0 atom stereocenters. The minimum Gasteiger partial charge on any atom is -0.456 e. The number of para-hydroxylation sites is 1. The van der Waals surface area contributed by atoms with Gasteiger partial charge in [-0.2, -0.15) is 5.10 Å². The summed E-state index contributed by atoms with van der Waals surface area (Å²) in [6.45, 7) is 1.63. The number of aryl methyl sites for hydroxylation is 1. The summed E-state index contributed by atoms with van der Waals surface area (Å²) >= 11 is 1.29. The molecule has 10 heteroatoms. The number of ether oxygens (including phenoxy) is 1. The summed E-state index contributed by atoms with van der Waals surface area (Å²) in [5.74, 6) is -1.48. The highest BCUT2D eigenvalue weighted by atomic mass is 32.1. The highest BCUT2D eigenvalue weighted by molar-refractivity contribution is 7.14. The molecule has 0 bridgehead atoms. The van der Waals surface area contributed by atoms with E-state index in [0.29, 0.717) is 10.5 Å². The van der Waals surface area contributed by atoms with Crippen molar-refractivity contribution in [3.05, 3.63) is 65.2 Å². The molecule has 2 aromatic heterocycles. The number of hydrogen-bond acceptors (Lipinski definition) is 7. The van der Waals surface area contributed by atoms with E-state index in [1.165, 1.54) is 11.3 Å². The lowest BCUT2D eigenvalue weighted by Gasteiger charge is -2.06. The number of nitrogens with one attached hydrogen (secondary N) is 3. The van der Waals surface area contributed by atoms with Crippen LogP contribution in [0.3, 0.4) is 0 Å². The number of esters is 1. The van der Waals surface area contributed by atoms with Crippen molar-refractivity contribution in [3.8, 4) is 11.3 Å². The summed E-state index contributed by atoms with van der Waals surface area (Å²) in [6, 6.07) is 15.2. The van der Waals surface area contributed by atoms with Crippen LogP contribution in [0, 0.1) is 6.92 Å². The first-order valence-corrected chi connectivity index (χ1v) is 11.1. The molecule has 0 aliphatic heterocycles. The van der Waals surface area contributed by atoms with E-state index in [2.05, 4.69) is 25.8 Å². The summed E-state index contributed by atoms with van der Waals surface area (Å²) in [4.78, 5) is 40.6. The fraction of sp³-hybridized carbons (Fsp3) is 0.174. The maximum Gasteiger partial charge on any atom is 0.308 e. The minimum atomic E-state index is -0.600. The van der Waals surface area contributed by atoms with E-state index in [4.69, 9.17) is 4.74 Å². The van der Waals surface area contributed by atoms with Crippen LogP contribution in [0.15, 0.2) is 53.9 Å². The van der Waals surface area contributed by atoms with Crippen LogP contribution in [0.1, 0.15) is 22.5 Å². The molecule has 168 valence electrons. The van der Waals surface area contributed by atoms with E-state index in [1.54, 1.807) is 6.07 Å². The Kier molecular flexibility index (Phi) is 6.75. The summed E-state index contributed by atoms with van der Waals surface area (Å²) in [6.07, 6.45) is -0.0732. The quantitative estimate of drug-likeness (QED) is 0.344. The maximum atomic E-state index is 12.3. The normalized spacial score (nSPS) is 10.7. The van der Waals surface area contributed by atoms with Gasteiger partial charge in [0.1, 0.15) is 0 Å². The molecule has 0 fully saturated rings. The van der Waals surface area contributed by atoms with Gasteiger partial charge in [-0.05, 0) is 13.0 Å². The fourth-order valence-electron chi connectivity index (χ4n) is 3.06. The van der Waals surface area contributed by atoms with Gasteiger partial charge in [-0.3, -0.25) is 24.8 Å². The van der Waals surface area contributed by atoms with Gasteiger partial charge in [-0.25, -0.2) is 4.98 Å². The molecule has 2 aromatic carbocycles. The van der Waals surface area contributed by atoms with Gasteiger partial charge < -0.3 is 10.1 Å². The third-order valence-electron chi connectivity index (χ3n) is 4.76. The number of hydrogen-bond donors (Lipinski definition) is 3. The Balaban J connectivity index is 1.19. The smallest absolute Gasteiger partial charge is 0.308 e. The average Bonchev–Trinajstić information content (AvgIpc) is 3.45. The second-order valence-electron chi connectivity index (χ2n) is 7.24. The topological polar surface area (TPSA) is 126 Å². The van der Waals surface area contributed by atoms with E-state index in [1.807, 2.05) is 54.8 Å². The van der Waals surface area contributed by atoms with Crippen LogP contribution in [0.4, 0.5) is 5.13 Å². The second kappa shape index (κ2) is 10.0. The predicted octanol–water partition coefficient (Wildman–Crippen LogP) is 3.30. The summed E-state index contributed by atoms with van der Waals surface area (Å²) < 4.78 is 4.98. The molecule has 3 N–H and O–H groups in total. The van der Waals surface area contributed by atoms with Crippen molar-refractivity contribution in [1.29, 1.82) is 0 Å². The first-order chi connectivity index (χ1) is 16.0. The number of carbonyl (C=O) groups is 3. The van der Waals surface area contributed by atoms with Crippen molar-refractivity contribution >= 4 is 45.2 Å². The van der Waals surface area contributed by atoms with Gasteiger partial charge in [0.15, 0.2) is 17.4 Å². The highest BCUT2D eigenvalue weighted by Crippen LogP contribution is 2.25. The van der Waals surface area contributed by atoms with Crippen LogP contribution in [0.5, 0.6) is 0 Å². The molecule has 33 heavy (non-hydrogen) atoms. The minimum absolute atomic E-state index is 0.0624. The third kappa shape index (κ3) is 5.60. The van der Waals surface area contributed by atoms with Crippen molar-refractivity contribution in [1.82, 2.24) is 20.5 Å². The van der Waals surface area contributed by atoms with Crippen molar-refractivity contribution in [2.75, 3.05) is 18.5 Å². The number of nitrogens with zero attached hydrogens (tertiary/aromatic N) is 2. The molecule has 0 radical (unpaired) electrons. The van der Waals surface area contributed by atoms with Gasteiger partial charge in [0.25, 0.3) is 11.8 Å². The zero-order valence-corrected chi connectivity index (χ0v) is 18.6. The number of fused-ring (bicyclic) bond motifs is 1. The molecule has 2 amide bonds. The molecule has 4 rings (SSSR count). The molecule has 0 aliphatic carbocycles. The molecular formula is C23H21N5O4S. The largest absolute Gasteiger partial charge is 0.456 e. The lowest BCUT2D eigenvalue weighted by Crippen LogP contribution is -2.28. The van der Waals surface area contributed by atoms with E-state index in [9.17, 15) is 14.4 Å². The van der Waals surface area contributed by atoms with Crippen molar-refractivity contribution < 1.29 is 19.1 Å². The van der Waals surface area contributed by atoms with Gasteiger partial charge in [-0.1, -0.05) is 48.0 Å². The van der Waals surface area contributed by atoms with E-state index >= 15 is 0 Å². The number of aromatic amines is 1. The van der Waals surface area contributed by atoms with Gasteiger partial charge in [0, 0.05) is 22.9 Å². The molecule has 4 aromatic rings. The molecule has 0 spiro atoms. The van der Waals surface area contributed by atoms with Crippen LogP contribution < -0.4 is 10.6 Å². The number of aromatic nitrogens is 3. The first-order valence-electron chi connectivity index (χ1n) is 10.2. The summed E-state index contributed by atoms with van der Waals surface area (Å²) in [7, 11) is 0. The number of carbonyl (C=O) groups excluding carboxylic acids is 3. The average molecular weight is 464 g/mol. The number of H-pyrrole nitrogens is 1. The summed E-state index contributed by atoms with van der Waals surface area (Å²) in [5.41, 5.74) is 3.87. The SMILES string of the molecule is Cc1ccc(-c2csc(NC(=O)COC(=O)CCNC(=O)c3n[nH]c4ccccc34)n2)cc1. The molecule has 0 aliphatic rings. The van der Waals surface area contributed by atoms with Crippen LogP contribution in [0.25, 0.3) is 22.2 Å². The molecule has 0 saturated carbocycles. The van der Waals surface area contributed by atoms with E-state index in [-0.39, 0.29) is 18.7 Å². The zero-order chi connectivity index (χ0) is 23.2. The van der Waals surface area contributed by atoms with Gasteiger partial charge in [0.05, 0.1) is 17.6 Å². The number of rotatable bonds is 8. The zero-order valence-electron chi connectivity index (χ0n) is 17.8. The molecule has 0 unspecified atom stereocenters. The first kappa shape index (κ1) is 22.2. The van der Waals surface area contributed by atoms with Gasteiger partial charge >= 0.3 is 5.97 Å². The lowest BCUT2D eigenvalue weighted by molar-refractivity contribution is -0.147. The Morgan fingerprint density at radius 1 is 1.09 bits per heavy atom. The Morgan fingerprint density at radius 3 is 2.70 bits per heavy atom. The standard InChI is InChI=1S/C23H21N5O4S/c1-14-6-8-15(9-7-14)18-13-33-23(25-18)26-19(29)12-32-20(30)10-11-24-22(31)21-16-4-2-3-5-17(16)27-28-21/h2-9,13H,10-12H2,1H3,(H,24,31)(H,27,28)(H,25,26,29). The van der Waals surface area contributed by atoms with Crippen LogP contribution in [-0.2, 0) is 14.3 Å². The number of amides is 2. The monoisotopic (exact) mass is 463 g/mol. The van der Waals surface area contributed by atoms with Crippen LogP contribution >= 0.6 is 11.3 Å². The summed E-state index contributed by atoms with van der Waals surface area (Å²) in [5, 5.41) is 15.0. The molecule has 9 nitrogen and oxygen atoms in total. The van der Waals surface area contributed by atoms with Crippen molar-refractivity contribution in [2.24, 2.45) is 0 Å². The third-order valence-corrected chi connectivity index (χ3v) is 5.52. The van der Waals surface area contributed by atoms with Crippen molar-refractivity contribution in [3.63, 3.8) is 0 Å². The second-order valence-corrected chi connectivity index (χ2v) is 8.09. The fourth-order valence-corrected chi connectivity index (χ4v) is 3.80. The Morgan fingerprint density at radius 2 is 1.88 bits per heavy atom. The molecule has 2 heterocycles. The molecule has 0 saturated heterocycles. The number of thiazole rings is 1. The Bertz CT molecular complexity index is 1300. The Labute approximate surface area is 193 Å². The van der Waals surface area contributed by atoms with E-state index < -0.39 is 24.4 Å². The Hall–Kier alpha value is -4.05. The number of anilines is 1.